The maximum absolute atomic E-state index is 6.18. The van der Waals surface area contributed by atoms with Crippen LogP contribution >= 0.6 is 15.9 Å². The van der Waals surface area contributed by atoms with Crippen LogP contribution in [0.1, 0.15) is 44.9 Å². The van der Waals surface area contributed by atoms with E-state index in [0.717, 1.165) is 17.6 Å². The molecule has 1 saturated heterocycles. The van der Waals surface area contributed by atoms with Crippen LogP contribution in [-0.4, -0.2) is 35.7 Å². The Morgan fingerprint density at radius 2 is 1.81 bits per heavy atom. The van der Waals surface area contributed by atoms with Crippen LogP contribution in [0.15, 0.2) is 22.7 Å². The Hall–Kier alpha value is -0.420. The second-order valence-corrected chi connectivity index (χ2v) is 8.16. The molecule has 0 radical (unpaired) electrons. The summed E-state index contributed by atoms with van der Waals surface area (Å²) in [6.45, 7) is 13.1. The minimum absolute atomic E-state index is 0.160. The van der Waals surface area contributed by atoms with Gasteiger partial charge in [0.25, 0.3) is 0 Å². The second kappa shape index (κ2) is 5.99. The lowest BCUT2D eigenvalue weighted by Gasteiger charge is -2.49. The van der Waals surface area contributed by atoms with Gasteiger partial charge in [0, 0.05) is 30.1 Å². The van der Waals surface area contributed by atoms with Crippen molar-refractivity contribution in [3.05, 3.63) is 33.8 Å². The van der Waals surface area contributed by atoms with Crippen LogP contribution < -0.4 is 5.73 Å². The molecule has 1 aliphatic rings. The molecule has 3 nitrogen and oxygen atoms in total. The summed E-state index contributed by atoms with van der Waals surface area (Å²) in [6, 6.07) is 6.71. The van der Waals surface area contributed by atoms with E-state index in [0.29, 0.717) is 6.54 Å². The number of nitrogens with two attached hydrogens (primary N) is 1. The van der Waals surface area contributed by atoms with E-state index < -0.39 is 0 Å². The molecule has 1 atom stereocenters. The zero-order valence-corrected chi connectivity index (χ0v) is 15.3. The number of ether oxygens (including phenoxy) is 1. The van der Waals surface area contributed by atoms with E-state index in [4.69, 9.17) is 10.5 Å². The number of hydrogen-bond donors (Lipinski definition) is 1. The normalized spacial score (nSPS) is 23.0. The molecule has 0 saturated carbocycles. The highest BCUT2D eigenvalue weighted by molar-refractivity contribution is 9.10. The lowest BCUT2D eigenvalue weighted by molar-refractivity contribution is -0.187. The summed E-state index contributed by atoms with van der Waals surface area (Å²) in [5.41, 5.74) is 8.31. The van der Waals surface area contributed by atoms with Crippen molar-refractivity contribution in [3.63, 3.8) is 0 Å². The summed E-state index contributed by atoms with van der Waals surface area (Å²) >= 11 is 3.70. The van der Waals surface area contributed by atoms with Crippen LogP contribution in [0.4, 0.5) is 0 Å². The van der Waals surface area contributed by atoms with Gasteiger partial charge in [-0.25, -0.2) is 0 Å². The maximum atomic E-state index is 6.18. The molecule has 1 unspecified atom stereocenters. The molecule has 0 amide bonds. The van der Waals surface area contributed by atoms with Gasteiger partial charge >= 0.3 is 0 Å². The van der Waals surface area contributed by atoms with Crippen LogP contribution in [0.3, 0.4) is 0 Å². The average Bonchev–Trinajstić information content (AvgIpc) is 2.28. The van der Waals surface area contributed by atoms with Crippen molar-refractivity contribution >= 4 is 15.9 Å². The quantitative estimate of drug-likeness (QED) is 0.900. The second-order valence-electron chi connectivity index (χ2n) is 7.30. The Kier molecular flexibility index (Phi) is 4.84. The third kappa shape index (κ3) is 4.07. The van der Waals surface area contributed by atoms with Gasteiger partial charge in [-0.15, -0.1) is 0 Å². The van der Waals surface area contributed by atoms with Gasteiger partial charge in [0.15, 0.2) is 0 Å². The molecule has 0 bridgehead atoms. The van der Waals surface area contributed by atoms with E-state index in [-0.39, 0.29) is 17.2 Å². The van der Waals surface area contributed by atoms with E-state index in [1.165, 1.54) is 11.1 Å². The zero-order valence-electron chi connectivity index (χ0n) is 13.7. The van der Waals surface area contributed by atoms with Crippen molar-refractivity contribution in [2.75, 3.05) is 19.6 Å². The number of rotatable bonds is 3. The van der Waals surface area contributed by atoms with E-state index in [1.807, 2.05) is 0 Å². The molecule has 0 aliphatic carbocycles. The molecular formula is C17H27BrN2O. The first-order valence-corrected chi connectivity index (χ1v) is 8.33. The molecule has 0 aromatic heterocycles. The molecule has 1 heterocycles. The zero-order chi connectivity index (χ0) is 15.8. The number of halogens is 1. The number of benzene rings is 1. The van der Waals surface area contributed by atoms with Gasteiger partial charge in [-0.05, 0) is 51.8 Å². The van der Waals surface area contributed by atoms with Gasteiger partial charge in [-0.1, -0.05) is 28.1 Å². The fourth-order valence-electron chi connectivity index (χ4n) is 3.44. The van der Waals surface area contributed by atoms with Crippen molar-refractivity contribution in [1.82, 2.24) is 4.90 Å². The Balaban J connectivity index is 2.32. The lowest BCUT2D eigenvalue weighted by atomic mass is 9.94. The van der Waals surface area contributed by atoms with Crippen molar-refractivity contribution in [1.29, 1.82) is 0 Å². The first-order chi connectivity index (χ1) is 9.63. The molecule has 4 heteroatoms. The van der Waals surface area contributed by atoms with Crippen molar-refractivity contribution < 1.29 is 4.74 Å². The summed E-state index contributed by atoms with van der Waals surface area (Å²) in [5, 5.41) is 0. The highest BCUT2D eigenvalue weighted by Crippen LogP contribution is 2.35. The standard InChI is InChI=1S/C17H27BrN2O/c1-12-6-7-13(14(18)8-12)15(9-19)20-10-16(2,3)21-17(4,5)11-20/h6-8,15H,9-11,19H2,1-5H3. The Bertz CT molecular complexity index is 498. The van der Waals surface area contributed by atoms with Gasteiger partial charge in [-0.2, -0.15) is 0 Å². The number of aryl methyl sites for hydroxylation is 1. The Labute approximate surface area is 137 Å². The molecule has 118 valence electrons. The van der Waals surface area contributed by atoms with Gasteiger partial charge in [0.05, 0.1) is 11.2 Å². The molecule has 1 aromatic carbocycles. The van der Waals surface area contributed by atoms with Crippen molar-refractivity contribution in [2.24, 2.45) is 5.73 Å². The number of hydrogen-bond acceptors (Lipinski definition) is 3. The molecule has 1 aliphatic heterocycles. The fraction of sp³-hybridized carbons (Fsp3) is 0.647. The van der Waals surface area contributed by atoms with Gasteiger partial charge < -0.3 is 10.5 Å². The highest BCUT2D eigenvalue weighted by Gasteiger charge is 2.40. The SMILES string of the molecule is Cc1ccc(C(CN)N2CC(C)(C)OC(C)(C)C2)c(Br)c1. The fourth-order valence-corrected chi connectivity index (χ4v) is 4.20. The van der Waals surface area contributed by atoms with Crippen LogP contribution in [0, 0.1) is 6.92 Å². The molecule has 0 spiro atoms. The maximum Gasteiger partial charge on any atom is 0.0761 e. The third-order valence-electron chi connectivity index (χ3n) is 3.90. The van der Waals surface area contributed by atoms with Crippen LogP contribution in [0.25, 0.3) is 0 Å². The minimum Gasteiger partial charge on any atom is -0.367 e. The monoisotopic (exact) mass is 354 g/mol. The highest BCUT2D eigenvalue weighted by atomic mass is 79.9. The lowest BCUT2D eigenvalue weighted by Crippen LogP contribution is -2.58. The third-order valence-corrected chi connectivity index (χ3v) is 4.59. The summed E-state index contributed by atoms with van der Waals surface area (Å²) in [5.74, 6) is 0. The van der Waals surface area contributed by atoms with E-state index in [9.17, 15) is 0 Å². The van der Waals surface area contributed by atoms with Gasteiger partial charge in [-0.3, -0.25) is 4.90 Å². The molecular weight excluding hydrogens is 328 g/mol. The first-order valence-electron chi connectivity index (χ1n) is 7.54. The van der Waals surface area contributed by atoms with Gasteiger partial charge in [0.2, 0.25) is 0 Å². The Morgan fingerprint density at radius 3 is 2.29 bits per heavy atom. The number of nitrogens with zero attached hydrogens (tertiary/aromatic N) is 1. The summed E-state index contributed by atoms with van der Waals surface area (Å²) in [7, 11) is 0. The summed E-state index contributed by atoms with van der Waals surface area (Å²) < 4.78 is 7.32. The summed E-state index contributed by atoms with van der Waals surface area (Å²) in [6.07, 6.45) is 0. The van der Waals surface area contributed by atoms with Crippen LogP contribution in [0.5, 0.6) is 0 Å². The molecule has 2 N–H and O–H groups in total. The van der Waals surface area contributed by atoms with Crippen LogP contribution in [-0.2, 0) is 4.74 Å². The van der Waals surface area contributed by atoms with E-state index in [2.05, 4.69) is 73.6 Å². The van der Waals surface area contributed by atoms with Crippen LogP contribution in [0.2, 0.25) is 0 Å². The summed E-state index contributed by atoms with van der Waals surface area (Å²) in [4.78, 5) is 2.46. The molecule has 1 aromatic rings. The van der Waals surface area contributed by atoms with Gasteiger partial charge in [0.1, 0.15) is 0 Å². The predicted molar refractivity (Wildman–Crippen MR) is 91.5 cm³/mol. The van der Waals surface area contributed by atoms with E-state index in [1.54, 1.807) is 0 Å². The Morgan fingerprint density at radius 1 is 1.24 bits per heavy atom. The van der Waals surface area contributed by atoms with Crippen molar-refractivity contribution in [3.8, 4) is 0 Å². The predicted octanol–water partition coefficient (Wildman–Crippen LogP) is 3.65. The smallest absolute Gasteiger partial charge is 0.0761 e. The largest absolute Gasteiger partial charge is 0.367 e. The van der Waals surface area contributed by atoms with E-state index >= 15 is 0 Å². The minimum atomic E-state index is -0.160. The molecule has 1 fully saturated rings. The number of morpholine rings is 1. The topological polar surface area (TPSA) is 38.5 Å². The average molecular weight is 355 g/mol. The van der Waals surface area contributed by atoms with Crippen molar-refractivity contribution in [2.45, 2.75) is 51.9 Å². The first kappa shape index (κ1) is 16.9. The molecule has 21 heavy (non-hydrogen) atoms. The molecule has 2 rings (SSSR count).